The lowest BCUT2D eigenvalue weighted by atomic mass is 10.1. The fourth-order valence-corrected chi connectivity index (χ4v) is 3.80. The Bertz CT molecular complexity index is 1040. The van der Waals surface area contributed by atoms with Gasteiger partial charge < -0.3 is 24.0 Å². The van der Waals surface area contributed by atoms with Crippen LogP contribution in [0.25, 0.3) is 10.9 Å². The Morgan fingerprint density at radius 3 is 2.81 bits per heavy atom. The van der Waals surface area contributed by atoms with E-state index in [1.807, 2.05) is 0 Å². The zero-order chi connectivity index (χ0) is 19.3. The highest BCUT2D eigenvalue weighted by atomic mass is 35.5. The fraction of sp³-hybridized carbons (Fsp3) is 0.353. The van der Waals surface area contributed by atoms with Crippen molar-refractivity contribution in [2.24, 2.45) is 0 Å². The molecule has 10 heteroatoms. The van der Waals surface area contributed by atoms with Gasteiger partial charge in [0, 0.05) is 6.04 Å². The van der Waals surface area contributed by atoms with E-state index in [2.05, 4.69) is 4.74 Å². The molecule has 0 spiro atoms. The molecule has 1 aliphatic heterocycles. The second-order valence-electron chi connectivity index (χ2n) is 6.39. The maximum absolute atomic E-state index is 15.5. The van der Waals surface area contributed by atoms with Gasteiger partial charge in [0.15, 0.2) is 16.6 Å². The van der Waals surface area contributed by atoms with Crippen LogP contribution in [0.1, 0.15) is 18.9 Å². The first kappa shape index (κ1) is 18.0. The topological polar surface area (TPSA) is 81.0 Å². The van der Waals surface area contributed by atoms with Crippen LogP contribution >= 0.6 is 23.8 Å². The van der Waals surface area contributed by atoms with Crippen molar-refractivity contribution in [3.63, 3.8) is 0 Å². The minimum Gasteiger partial charge on any atom is -0.483 e. The van der Waals surface area contributed by atoms with E-state index < -0.39 is 17.4 Å². The van der Waals surface area contributed by atoms with E-state index in [4.69, 9.17) is 33.7 Å². The second kappa shape index (κ2) is 6.65. The molecule has 1 N–H and O–H groups in total. The Morgan fingerprint density at radius 2 is 2.19 bits per heavy atom. The molecule has 2 heterocycles. The van der Waals surface area contributed by atoms with Gasteiger partial charge in [-0.2, -0.15) is 0 Å². The lowest BCUT2D eigenvalue weighted by molar-refractivity contribution is 0.143. The molecule has 1 aromatic heterocycles. The van der Waals surface area contributed by atoms with Gasteiger partial charge in [-0.25, -0.2) is 9.18 Å². The molecule has 27 heavy (non-hydrogen) atoms. The molecule has 0 radical (unpaired) electrons. The van der Waals surface area contributed by atoms with Crippen LogP contribution in [0.15, 0.2) is 17.1 Å². The van der Waals surface area contributed by atoms with Crippen LogP contribution in [0.5, 0.6) is 5.75 Å². The number of anilines is 1. The number of benzene rings is 1. The number of rotatable bonds is 3. The predicted octanol–water partition coefficient (Wildman–Crippen LogP) is 3.35. The highest BCUT2D eigenvalue weighted by Crippen LogP contribution is 2.41. The van der Waals surface area contributed by atoms with E-state index in [9.17, 15) is 9.59 Å². The van der Waals surface area contributed by atoms with Gasteiger partial charge in [0.2, 0.25) is 5.43 Å². The third-order valence-corrected chi connectivity index (χ3v) is 5.08. The van der Waals surface area contributed by atoms with Gasteiger partial charge in [0.05, 0.1) is 40.9 Å². The Balaban J connectivity index is 1.96. The SMILES string of the molecule is O=C(O)Oc1cn(C2CC2)c2c(F)c(N3CCOC(=S)C3)c(Cl)cc2c1=O. The first-order valence-electron chi connectivity index (χ1n) is 8.25. The Kier molecular flexibility index (Phi) is 4.43. The van der Waals surface area contributed by atoms with Crippen LogP contribution in [-0.2, 0) is 4.74 Å². The van der Waals surface area contributed by atoms with E-state index in [1.54, 1.807) is 9.47 Å². The summed E-state index contributed by atoms with van der Waals surface area (Å²) >= 11 is 11.4. The Labute approximate surface area is 162 Å². The number of carbonyl (C=O) groups is 1. The van der Waals surface area contributed by atoms with Crippen molar-refractivity contribution in [1.82, 2.24) is 4.57 Å². The van der Waals surface area contributed by atoms with Gasteiger partial charge in [0.25, 0.3) is 0 Å². The van der Waals surface area contributed by atoms with Crippen molar-refractivity contribution in [1.29, 1.82) is 0 Å². The molecule has 0 atom stereocenters. The molecule has 7 nitrogen and oxygen atoms in total. The monoisotopic (exact) mass is 412 g/mol. The van der Waals surface area contributed by atoms with Crippen molar-refractivity contribution in [3.05, 3.63) is 33.3 Å². The number of pyridine rings is 1. The summed E-state index contributed by atoms with van der Waals surface area (Å²) in [6, 6.07) is 1.32. The average Bonchev–Trinajstić information content (AvgIpc) is 3.42. The number of ether oxygens (including phenoxy) is 2. The zero-order valence-corrected chi connectivity index (χ0v) is 15.5. The van der Waals surface area contributed by atoms with Gasteiger partial charge in [-0.3, -0.25) is 4.79 Å². The van der Waals surface area contributed by atoms with E-state index in [0.29, 0.717) is 18.2 Å². The van der Waals surface area contributed by atoms with Crippen molar-refractivity contribution < 1.29 is 23.8 Å². The Morgan fingerprint density at radius 1 is 1.44 bits per heavy atom. The summed E-state index contributed by atoms with van der Waals surface area (Å²) in [5.74, 6) is -1.02. The molecule has 0 unspecified atom stereocenters. The molecule has 0 amide bonds. The number of carboxylic acid groups (broad SMARTS) is 1. The van der Waals surface area contributed by atoms with E-state index in [0.717, 1.165) is 12.8 Å². The zero-order valence-electron chi connectivity index (χ0n) is 13.9. The number of halogens is 2. The first-order valence-corrected chi connectivity index (χ1v) is 9.03. The van der Waals surface area contributed by atoms with Crippen LogP contribution in [0.3, 0.4) is 0 Å². The fourth-order valence-electron chi connectivity index (χ4n) is 3.24. The number of thiocarbonyl (C=S) groups is 1. The first-order chi connectivity index (χ1) is 12.9. The molecular formula is C17H14ClFN2O5S. The van der Waals surface area contributed by atoms with E-state index in [1.165, 1.54) is 12.3 Å². The third kappa shape index (κ3) is 3.21. The van der Waals surface area contributed by atoms with Crippen molar-refractivity contribution in [3.8, 4) is 5.75 Å². The predicted molar refractivity (Wildman–Crippen MR) is 101 cm³/mol. The summed E-state index contributed by atoms with van der Waals surface area (Å²) < 4.78 is 26.9. The summed E-state index contributed by atoms with van der Waals surface area (Å²) in [6.07, 6.45) is 1.23. The molecule has 2 aliphatic rings. The minimum absolute atomic E-state index is 0.0252. The highest BCUT2D eigenvalue weighted by molar-refractivity contribution is 7.80. The van der Waals surface area contributed by atoms with Gasteiger partial charge in [-0.1, -0.05) is 11.6 Å². The van der Waals surface area contributed by atoms with Gasteiger partial charge >= 0.3 is 6.16 Å². The van der Waals surface area contributed by atoms with E-state index >= 15 is 4.39 Å². The maximum atomic E-state index is 15.5. The summed E-state index contributed by atoms with van der Waals surface area (Å²) in [6.45, 7) is 0.926. The number of morpholine rings is 1. The largest absolute Gasteiger partial charge is 0.511 e. The standard InChI is InChI=1S/C17H14ClFN2O5S/c18-10-5-9-14(13(19)15(10)20-3-4-25-12(27)7-20)21(8-1-2-8)6-11(16(9)22)26-17(23)24/h5-6,8H,1-4,7H2,(H,23,24). The summed E-state index contributed by atoms with van der Waals surface area (Å²) in [4.78, 5) is 25.2. The summed E-state index contributed by atoms with van der Waals surface area (Å²) in [5.41, 5.74) is -0.498. The molecule has 1 saturated carbocycles. The number of nitrogens with zero attached hydrogens (tertiary/aromatic N) is 2. The van der Waals surface area contributed by atoms with Crippen LogP contribution < -0.4 is 15.1 Å². The molecule has 1 aromatic carbocycles. The normalized spacial score (nSPS) is 17.1. The molecular weight excluding hydrogens is 399 g/mol. The third-order valence-electron chi connectivity index (χ3n) is 4.55. The van der Waals surface area contributed by atoms with Gasteiger partial charge in [-0.05, 0) is 31.1 Å². The van der Waals surface area contributed by atoms with Crippen molar-refractivity contribution in [2.75, 3.05) is 24.6 Å². The summed E-state index contributed by atoms with van der Waals surface area (Å²) in [7, 11) is 0. The molecule has 4 rings (SSSR count). The van der Waals surface area contributed by atoms with Crippen molar-refractivity contribution in [2.45, 2.75) is 18.9 Å². The molecule has 1 saturated heterocycles. The van der Waals surface area contributed by atoms with Crippen LogP contribution in [-0.4, -0.2) is 40.6 Å². The smallest absolute Gasteiger partial charge is 0.483 e. The molecule has 0 bridgehead atoms. The average molecular weight is 413 g/mol. The lowest BCUT2D eigenvalue weighted by Gasteiger charge is -2.31. The number of fused-ring (bicyclic) bond motifs is 1. The van der Waals surface area contributed by atoms with Crippen molar-refractivity contribution >= 4 is 51.6 Å². The second-order valence-corrected chi connectivity index (χ2v) is 7.25. The Hall–Kier alpha value is -2.39. The molecule has 2 fully saturated rings. The quantitative estimate of drug-likeness (QED) is 0.611. The summed E-state index contributed by atoms with van der Waals surface area (Å²) in [5, 5.41) is 9.20. The number of hydrogen-bond acceptors (Lipinski definition) is 6. The van der Waals surface area contributed by atoms with Gasteiger partial charge in [-0.15, -0.1) is 0 Å². The van der Waals surface area contributed by atoms with Crippen LogP contribution in [0.2, 0.25) is 5.02 Å². The minimum atomic E-state index is -1.61. The lowest BCUT2D eigenvalue weighted by Crippen LogP contribution is -2.39. The molecule has 2 aromatic rings. The highest BCUT2D eigenvalue weighted by Gasteiger charge is 2.31. The maximum Gasteiger partial charge on any atom is 0.511 e. The van der Waals surface area contributed by atoms with Crippen LogP contribution in [0, 0.1) is 5.82 Å². The number of hydrogen-bond donors (Lipinski definition) is 1. The molecule has 1 aliphatic carbocycles. The number of aromatic nitrogens is 1. The van der Waals surface area contributed by atoms with E-state index in [-0.39, 0.29) is 39.9 Å². The van der Waals surface area contributed by atoms with Crippen LogP contribution in [0.4, 0.5) is 14.9 Å². The van der Waals surface area contributed by atoms with Gasteiger partial charge in [0.1, 0.15) is 6.61 Å². The molecule has 142 valence electrons.